The Balaban J connectivity index is 1.28. The van der Waals surface area contributed by atoms with Crippen LogP contribution in [0.25, 0.3) is 0 Å². The number of alkyl halides is 3. The van der Waals surface area contributed by atoms with Gasteiger partial charge in [-0.2, -0.15) is 0 Å². The Hall–Kier alpha value is -3.32. The fraction of sp³-hybridized carbons (Fsp3) is 0.440. The normalized spacial score (nSPS) is 24.1. The number of halogens is 6. The maximum atomic E-state index is 13.6. The van der Waals surface area contributed by atoms with E-state index in [2.05, 4.69) is 15.4 Å². The van der Waals surface area contributed by atoms with E-state index in [4.69, 9.17) is 21.1 Å². The van der Waals surface area contributed by atoms with E-state index in [0.29, 0.717) is 31.7 Å². The van der Waals surface area contributed by atoms with E-state index in [1.54, 1.807) is 0 Å². The fourth-order valence-corrected chi connectivity index (χ4v) is 5.07. The summed E-state index contributed by atoms with van der Waals surface area (Å²) in [5, 5.41) is 16.4. The molecule has 3 aliphatic carbocycles. The molecular weight excluding hydrogens is 555 g/mol. The monoisotopic (exact) mass is 578 g/mol. The number of hydrogen-bond acceptors (Lipinski definition) is 6. The van der Waals surface area contributed by atoms with E-state index in [9.17, 15) is 36.6 Å². The summed E-state index contributed by atoms with van der Waals surface area (Å²) in [5.74, 6) is -4.22. The van der Waals surface area contributed by atoms with Gasteiger partial charge in [-0.3, -0.25) is 9.59 Å². The predicted molar refractivity (Wildman–Crippen MR) is 126 cm³/mol. The number of benzene rings is 2. The number of fused-ring (bicyclic) bond motifs is 3. The van der Waals surface area contributed by atoms with Crippen molar-refractivity contribution in [2.45, 2.75) is 55.6 Å². The molecule has 0 aromatic heterocycles. The van der Waals surface area contributed by atoms with Crippen LogP contribution >= 0.6 is 11.6 Å². The molecule has 0 spiro atoms. The lowest BCUT2D eigenvalue weighted by molar-refractivity contribution is -0.275. The van der Waals surface area contributed by atoms with Gasteiger partial charge in [-0.1, -0.05) is 11.6 Å². The Morgan fingerprint density at radius 3 is 2.10 bits per heavy atom. The minimum atomic E-state index is -5.10. The summed E-state index contributed by atoms with van der Waals surface area (Å²) < 4.78 is 78.5. The van der Waals surface area contributed by atoms with Crippen molar-refractivity contribution in [3.63, 3.8) is 0 Å². The number of amides is 2. The van der Waals surface area contributed by atoms with Crippen LogP contribution in [-0.4, -0.2) is 53.7 Å². The Bertz CT molecular complexity index is 1240. The van der Waals surface area contributed by atoms with E-state index >= 15 is 0 Å². The first-order valence-electron chi connectivity index (χ1n) is 11.8. The van der Waals surface area contributed by atoms with Gasteiger partial charge in [-0.15, -0.1) is 13.2 Å². The van der Waals surface area contributed by atoms with Crippen LogP contribution in [0.2, 0.25) is 5.02 Å². The van der Waals surface area contributed by atoms with Crippen LogP contribution in [0.4, 0.5) is 22.0 Å². The molecular formula is C25H24ClF5N2O6. The molecule has 0 radical (unpaired) electrons. The van der Waals surface area contributed by atoms with Crippen molar-refractivity contribution in [1.29, 1.82) is 0 Å². The van der Waals surface area contributed by atoms with Gasteiger partial charge in [0.05, 0.1) is 16.7 Å². The van der Waals surface area contributed by atoms with Crippen LogP contribution in [0.15, 0.2) is 36.4 Å². The molecule has 0 aliphatic heterocycles. The van der Waals surface area contributed by atoms with Gasteiger partial charge in [0.2, 0.25) is 0 Å². The Kier molecular flexibility index (Phi) is 8.12. The van der Waals surface area contributed by atoms with Crippen molar-refractivity contribution in [1.82, 2.24) is 10.6 Å². The highest BCUT2D eigenvalue weighted by Gasteiger charge is 2.55. The highest BCUT2D eigenvalue weighted by molar-refractivity contribution is 6.30. The van der Waals surface area contributed by atoms with Gasteiger partial charge in [-0.25, -0.2) is 8.78 Å². The molecule has 0 saturated heterocycles. The average Bonchev–Trinajstić information content (AvgIpc) is 2.85. The van der Waals surface area contributed by atoms with Crippen LogP contribution in [0, 0.1) is 11.6 Å². The van der Waals surface area contributed by atoms with Crippen molar-refractivity contribution < 1.29 is 50.9 Å². The topological polar surface area (TPSA) is 106 Å². The summed E-state index contributed by atoms with van der Waals surface area (Å²) in [4.78, 5) is 25.1. The third kappa shape index (κ3) is 7.01. The highest BCUT2D eigenvalue weighted by Crippen LogP contribution is 2.47. The molecule has 212 valence electrons. The molecule has 0 unspecified atom stereocenters. The number of rotatable bonds is 9. The molecule has 2 amide bonds. The van der Waals surface area contributed by atoms with Crippen molar-refractivity contribution >= 4 is 23.4 Å². The van der Waals surface area contributed by atoms with Gasteiger partial charge in [0.25, 0.3) is 11.8 Å². The van der Waals surface area contributed by atoms with Crippen LogP contribution < -0.4 is 24.8 Å². The number of aliphatic hydroxyl groups excluding tert-OH is 1. The molecule has 8 nitrogen and oxygen atoms in total. The van der Waals surface area contributed by atoms with Gasteiger partial charge >= 0.3 is 6.36 Å². The maximum absolute atomic E-state index is 13.6. The number of carbonyl (C=O) groups excluding carboxylic acids is 2. The molecule has 5 rings (SSSR count). The molecule has 3 aliphatic rings. The second-order valence-electron chi connectivity index (χ2n) is 9.55. The maximum Gasteiger partial charge on any atom is 0.573 e. The van der Waals surface area contributed by atoms with Crippen LogP contribution in [0.3, 0.4) is 0 Å². The van der Waals surface area contributed by atoms with Crippen LogP contribution in [0.5, 0.6) is 17.2 Å². The first kappa shape index (κ1) is 28.7. The smallest absolute Gasteiger partial charge is 0.484 e. The molecule has 0 heterocycles. The zero-order chi connectivity index (χ0) is 28.4. The Morgan fingerprint density at radius 1 is 0.923 bits per heavy atom. The fourth-order valence-electron chi connectivity index (χ4n) is 4.95. The lowest BCUT2D eigenvalue weighted by Crippen LogP contribution is -2.70. The number of ether oxygens (including phenoxy) is 3. The zero-order valence-corrected chi connectivity index (χ0v) is 21.0. The van der Waals surface area contributed by atoms with E-state index in [0.717, 1.165) is 18.2 Å². The highest BCUT2D eigenvalue weighted by atomic mass is 35.5. The molecule has 2 aromatic rings. The Morgan fingerprint density at radius 2 is 1.51 bits per heavy atom. The first-order chi connectivity index (χ1) is 18.3. The summed E-state index contributed by atoms with van der Waals surface area (Å²) in [6, 6.07) is 6.23. The van der Waals surface area contributed by atoms with Crippen molar-refractivity contribution in [3.8, 4) is 17.2 Å². The Labute approximate surface area is 224 Å². The minimum Gasteiger partial charge on any atom is -0.484 e. The second-order valence-corrected chi connectivity index (χ2v) is 9.95. The van der Waals surface area contributed by atoms with E-state index < -0.39 is 66.0 Å². The largest absolute Gasteiger partial charge is 0.573 e. The molecule has 14 heteroatoms. The first-order valence-corrected chi connectivity index (χ1v) is 12.2. The average molecular weight is 579 g/mol. The third-order valence-corrected chi connectivity index (χ3v) is 7.18. The van der Waals surface area contributed by atoms with E-state index in [1.807, 2.05) is 0 Å². The number of nitrogens with one attached hydrogen (secondary N) is 2. The molecule has 1 atom stereocenters. The summed E-state index contributed by atoms with van der Waals surface area (Å²) in [5.41, 5.74) is -1.69. The lowest BCUT2D eigenvalue weighted by atomic mass is 9.60. The van der Waals surface area contributed by atoms with E-state index in [-0.39, 0.29) is 22.9 Å². The quantitative estimate of drug-likeness (QED) is 0.388. The molecule has 3 saturated carbocycles. The van der Waals surface area contributed by atoms with Crippen molar-refractivity contribution in [2.24, 2.45) is 0 Å². The molecule has 2 aromatic carbocycles. The van der Waals surface area contributed by atoms with Gasteiger partial charge < -0.3 is 30.0 Å². The van der Waals surface area contributed by atoms with Crippen molar-refractivity contribution in [3.05, 3.63) is 53.1 Å². The van der Waals surface area contributed by atoms with Crippen LogP contribution in [0.1, 0.15) is 32.1 Å². The van der Waals surface area contributed by atoms with Gasteiger partial charge in [0.15, 0.2) is 24.8 Å². The van der Waals surface area contributed by atoms with Crippen LogP contribution in [-0.2, 0) is 9.59 Å². The van der Waals surface area contributed by atoms with Crippen molar-refractivity contribution in [2.75, 3.05) is 13.2 Å². The lowest BCUT2D eigenvalue weighted by Gasteiger charge is -2.56. The molecule has 3 N–H and O–H groups in total. The summed E-state index contributed by atoms with van der Waals surface area (Å²) in [6.45, 7) is -0.979. The molecule has 39 heavy (non-hydrogen) atoms. The molecule has 2 bridgehead atoms. The minimum absolute atomic E-state index is 0.0829. The van der Waals surface area contributed by atoms with Gasteiger partial charge in [0.1, 0.15) is 17.3 Å². The number of hydrogen-bond donors (Lipinski definition) is 3. The zero-order valence-electron chi connectivity index (χ0n) is 20.2. The third-order valence-electron chi connectivity index (χ3n) is 6.87. The van der Waals surface area contributed by atoms with Gasteiger partial charge in [-0.05, 0) is 56.4 Å². The number of aliphatic hydroxyl groups is 1. The SMILES string of the molecule is O=C(COc1ccc(F)c(OC(F)(F)F)c1)NC12CCC(NC(=O)COc3ccc(Cl)c(F)c3)(CC1)[C@@H](O)C2. The summed E-state index contributed by atoms with van der Waals surface area (Å²) >= 11 is 5.63. The standard InChI is InChI=1S/C25H24ClF5N2O6/c26-16-3-1-14(9-18(16)28)37-13-22(36)33-24-7-5-23(6-8-24,11-20(24)34)32-21(35)12-38-15-2-4-17(27)19(10-15)39-25(29,30)31/h1-4,9-10,20,34H,5-8,11-13H2,(H,32,35)(H,33,36)/t20-,23?,24?/m0/s1. The second kappa shape index (κ2) is 11.0. The van der Waals surface area contributed by atoms with E-state index in [1.165, 1.54) is 12.1 Å². The number of carbonyl (C=O) groups is 2. The predicted octanol–water partition coefficient (Wildman–Crippen LogP) is 4.02. The molecule has 3 fully saturated rings. The summed E-state index contributed by atoms with van der Waals surface area (Å²) in [7, 11) is 0. The summed E-state index contributed by atoms with van der Waals surface area (Å²) in [6.07, 6.45) is -4.38. The van der Waals surface area contributed by atoms with Gasteiger partial charge in [0, 0.05) is 17.7 Å².